The quantitative estimate of drug-likeness (QED) is 0.497. The molecule has 1 amide bonds. The monoisotopic (exact) mass is 504 g/mol. The van der Waals surface area contributed by atoms with Crippen LogP contribution in [0.2, 0.25) is 10.0 Å². The highest BCUT2D eigenvalue weighted by molar-refractivity contribution is 7.94. The predicted octanol–water partition coefficient (Wildman–Crippen LogP) is 4.97. The summed E-state index contributed by atoms with van der Waals surface area (Å²) in [5.74, 6) is -1.03. The molecular weight excluding hydrogens is 486 g/mol. The summed E-state index contributed by atoms with van der Waals surface area (Å²) in [7, 11) is 1.65. The maximum Gasteiger partial charge on any atom is 0.251 e. The zero-order valence-corrected chi connectivity index (χ0v) is 19.8. The Morgan fingerprint density at radius 3 is 2.45 bits per heavy atom. The number of benzene rings is 3. The molecule has 0 fully saturated rings. The van der Waals surface area contributed by atoms with E-state index in [-0.39, 0.29) is 30.5 Å². The summed E-state index contributed by atoms with van der Waals surface area (Å²) in [6.45, 7) is 0.216. The van der Waals surface area contributed by atoms with E-state index in [2.05, 4.69) is 5.32 Å². The molecule has 0 aromatic heterocycles. The van der Waals surface area contributed by atoms with Crippen LogP contribution in [0.1, 0.15) is 31.8 Å². The van der Waals surface area contributed by atoms with Crippen LogP contribution >= 0.6 is 23.2 Å². The van der Waals surface area contributed by atoms with Crippen molar-refractivity contribution in [2.75, 3.05) is 11.4 Å². The Labute approximate surface area is 203 Å². The summed E-state index contributed by atoms with van der Waals surface area (Å²) in [5, 5.41) is 2.70. The van der Waals surface area contributed by atoms with Gasteiger partial charge in [0.05, 0.1) is 39.7 Å². The molecule has 1 aliphatic rings. The van der Waals surface area contributed by atoms with Gasteiger partial charge in [0.2, 0.25) is 11.0 Å². The van der Waals surface area contributed by atoms with Gasteiger partial charge in [-0.05, 0) is 53.6 Å². The minimum absolute atomic E-state index is 0.215. The summed E-state index contributed by atoms with van der Waals surface area (Å²) < 4.78 is 27.6. The van der Waals surface area contributed by atoms with Crippen molar-refractivity contribution >= 4 is 51.9 Å². The highest BCUT2D eigenvalue weighted by atomic mass is 35.5. The molecular formula is C24H19Cl2FN2O3S. The Hall–Kier alpha value is -2.58. The SMILES string of the molecule is CN1c2ccc(C(=O)NCc3ccc(F)cc3)cc2C(=O)C(Cc2ccc(Cl)c(Cl)c2)[S+]1[O-]. The number of amides is 1. The van der Waals surface area contributed by atoms with Gasteiger partial charge in [-0.15, -0.1) is 0 Å². The van der Waals surface area contributed by atoms with E-state index in [1.54, 1.807) is 53.8 Å². The fourth-order valence-corrected chi connectivity index (χ4v) is 5.33. The average Bonchev–Trinajstić information content (AvgIpc) is 2.81. The molecule has 170 valence electrons. The number of hydrogen-bond donors (Lipinski definition) is 1. The number of carbonyl (C=O) groups is 2. The van der Waals surface area contributed by atoms with Crippen molar-refractivity contribution in [1.82, 2.24) is 5.32 Å². The second kappa shape index (κ2) is 9.73. The Bertz CT molecular complexity index is 1220. The Morgan fingerprint density at radius 1 is 1.06 bits per heavy atom. The highest BCUT2D eigenvalue weighted by Gasteiger charge is 2.42. The summed E-state index contributed by atoms with van der Waals surface area (Å²) in [6.07, 6.45) is 0.215. The van der Waals surface area contributed by atoms with Crippen LogP contribution in [-0.4, -0.2) is 28.5 Å². The lowest BCUT2D eigenvalue weighted by atomic mass is 9.98. The molecule has 2 atom stereocenters. The average molecular weight is 505 g/mol. The summed E-state index contributed by atoms with van der Waals surface area (Å²) in [5.41, 5.74) is 2.62. The van der Waals surface area contributed by atoms with Crippen molar-refractivity contribution in [2.24, 2.45) is 0 Å². The van der Waals surface area contributed by atoms with E-state index < -0.39 is 16.6 Å². The summed E-state index contributed by atoms with van der Waals surface area (Å²) in [6, 6.07) is 15.6. The van der Waals surface area contributed by atoms with Crippen LogP contribution in [-0.2, 0) is 24.3 Å². The van der Waals surface area contributed by atoms with Crippen LogP contribution in [0.25, 0.3) is 0 Å². The number of fused-ring (bicyclic) bond motifs is 1. The van der Waals surface area contributed by atoms with E-state index in [0.717, 1.165) is 11.1 Å². The molecule has 2 unspecified atom stereocenters. The lowest BCUT2D eigenvalue weighted by molar-refractivity contribution is 0.0951. The van der Waals surface area contributed by atoms with Gasteiger partial charge in [-0.25, -0.2) is 4.39 Å². The van der Waals surface area contributed by atoms with Crippen LogP contribution in [0, 0.1) is 5.82 Å². The standard InChI is InChI=1S/C24H19Cl2FN2O3S/c1-29-21-9-5-16(24(31)28-13-14-2-6-17(27)7-3-14)12-18(21)23(30)22(33(29)32)11-15-4-8-19(25)20(26)10-15/h2-10,12,22H,11,13H2,1H3,(H,28,31). The van der Waals surface area contributed by atoms with Gasteiger partial charge >= 0.3 is 0 Å². The van der Waals surface area contributed by atoms with Crippen molar-refractivity contribution in [3.05, 3.63) is 98.8 Å². The smallest absolute Gasteiger partial charge is 0.251 e. The highest BCUT2D eigenvalue weighted by Crippen LogP contribution is 2.34. The van der Waals surface area contributed by atoms with Crippen molar-refractivity contribution in [3.63, 3.8) is 0 Å². The van der Waals surface area contributed by atoms with E-state index in [1.807, 2.05) is 0 Å². The zero-order valence-electron chi connectivity index (χ0n) is 17.5. The first-order chi connectivity index (χ1) is 15.7. The van der Waals surface area contributed by atoms with Crippen LogP contribution < -0.4 is 9.62 Å². The first-order valence-electron chi connectivity index (χ1n) is 10.0. The zero-order chi connectivity index (χ0) is 23.7. The predicted molar refractivity (Wildman–Crippen MR) is 129 cm³/mol. The number of carbonyl (C=O) groups excluding carboxylic acids is 2. The largest absolute Gasteiger partial charge is 0.592 e. The molecule has 1 aliphatic heterocycles. The van der Waals surface area contributed by atoms with Crippen molar-refractivity contribution in [3.8, 4) is 0 Å². The maximum atomic E-state index is 13.3. The molecule has 3 aromatic rings. The third-order valence-corrected chi connectivity index (χ3v) is 7.78. The molecule has 3 aromatic carbocycles. The topological polar surface area (TPSA) is 72.5 Å². The number of nitrogens with one attached hydrogen (secondary N) is 1. The molecule has 1 heterocycles. The first kappa shape index (κ1) is 23.6. The molecule has 9 heteroatoms. The van der Waals surface area contributed by atoms with E-state index in [4.69, 9.17) is 23.2 Å². The third kappa shape index (κ3) is 5.01. The second-order valence-electron chi connectivity index (χ2n) is 7.62. The van der Waals surface area contributed by atoms with Gasteiger partial charge in [-0.1, -0.05) is 41.4 Å². The number of nitrogens with zero attached hydrogens (tertiary/aromatic N) is 1. The molecule has 0 spiro atoms. The van der Waals surface area contributed by atoms with Crippen LogP contribution in [0.4, 0.5) is 10.1 Å². The van der Waals surface area contributed by atoms with Gasteiger partial charge in [0.25, 0.3) is 5.91 Å². The van der Waals surface area contributed by atoms with Gasteiger partial charge in [0.15, 0.2) is 0 Å². The number of anilines is 1. The Kier molecular flexibility index (Phi) is 6.95. The lowest BCUT2D eigenvalue weighted by Crippen LogP contribution is -2.47. The van der Waals surface area contributed by atoms with E-state index >= 15 is 0 Å². The minimum Gasteiger partial charge on any atom is -0.592 e. The normalized spacial score (nSPS) is 17.6. The van der Waals surface area contributed by atoms with Crippen LogP contribution in [0.5, 0.6) is 0 Å². The molecule has 0 saturated heterocycles. The number of Topliss-reactive ketones (excluding diaryl/α,β-unsaturated/α-hetero) is 1. The number of rotatable bonds is 5. The van der Waals surface area contributed by atoms with Crippen molar-refractivity contribution in [2.45, 2.75) is 18.2 Å². The number of hydrogen-bond acceptors (Lipinski definition) is 4. The fraction of sp³-hybridized carbons (Fsp3) is 0.167. The second-order valence-corrected chi connectivity index (χ2v) is 10.1. The van der Waals surface area contributed by atoms with Crippen LogP contribution in [0.15, 0.2) is 60.7 Å². The van der Waals surface area contributed by atoms with Gasteiger partial charge in [0.1, 0.15) is 5.82 Å². The fourth-order valence-electron chi connectivity index (χ4n) is 3.63. The first-order valence-corrected chi connectivity index (χ1v) is 12.0. The van der Waals surface area contributed by atoms with Crippen molar-refractivity contribution in [1.29, 1.82) is 0 Å². The van der Waals surface area contributed by atoms with Gasteiger partial charge < -0.3 is 9.87 Å². The minimum atomic E-state index is -1.60. The Balaban J connectivity index is 1.55. The molecule has 0 aliphatic carbocycles. The number of halogens is 3. The molecule has 0 radical (unpaired) electrons. The van der Waals surface area contributed by atoms with Crippen LogP contribution in [0.3, 0.4) is 0 Å². The molecule has 33 heavy (non-hydrogen) atoms. The lowest BCUT2D eigenvalue weighted by Gasteiger charge is -2.33. The molecule has 5 nitrogen and oxygen atoms in total. The van der Waals surface area contributed by atoms with E-state index in [1.165, 1.54) is 18.2 Å². The third-order valence-electron chi connectivity index (χ3n) is 5.44. The summed E-state index contributed by atoms with van der Waals surface area (Å²) in [4.78, 5) is 25.9. The van der Waals surface area contributed by atoms with E-state index in [0.29, 0.717) is 26.9 Å². The summed E-state index contributed by atoms with van der Waals surface area (Å²) >= 11 is 10.5. The molecule has 4 rings (SSSR count). The Morgan fingerprint density at radius 2 is 1.76 bits per heavy atom. The molecule has 0 saturated carbocycles. The maximum absolute atomic E-state index is 13.3. The van der Waals surface area contributed by atoms with Gasteiger partial charge in [-0.2, -0.15) is 4.31 Å². The van der Waals surface area contributed by atoms with Crippen molar-refractivity contribution < 1.29 is 18.5 Å². The van der Waals surface area contributed by atoms with Gasteiger partial charge in [-0.3, -0.25) is 9.59 Å². The van der Waals surface area contributed by atoms with E-state index in [9.17, 15) is 18.5 Å². The molecule has 0 bridgehead atoms. The molecule has 1 N–H and O–H groups in total. The van der Waals surface area contributed by atoms with Gasteiger partial charge in [0, 0.05) is 18.5 Å². The number of ketones is 1.